The van der Waals surface area contributed by atoms with E-state index in [1.54, 1.807) is 12.1 Å². The SMILES string of the molecule is CC(NCCN)c1ccc(Cl)c(F)c1. The molecule has 4 heteroatoms. The molecule has 0 bridgehead atoms. The maximum absolute atomic E-state index is 13.1. The highest BCUT2D eigenvalue weighted by molar-refractivity contribution is 6.30. The van der Waals surface area contributed by atoms with Crippen molar-refractivity contribution in [2.45, 2.75) is 13.0 Å². The second-order valence-electron chi connectivity index (χ2n) is 3.14. The summed E-state index contributed by atoms with van der Waals surface area (Å²) in [4.78, 5) is 0. The van der Waals surface area contributed by atoms with E-state index in [1.807, 2.05) is 6.92 Å². The van der Waals surface area contributed by atoms with Gasteiger partial charge in [-0.15, -0.1) is 0 Å². The van der Waals surface area contributed by atoms with Crippen LogP contribution in [0.15, 0.2) is 18.2 Å². The van der Waals surface area contributed by atoms with Gasteiger partial charge in [-0.3, -0.25) is 0 Å². The van der Waals surface area contributed by atoms with E-state index in [9.17, 15) is 4.39 Å². The van der Waals surface area contributed by atoms with E-state index in [0.717, 1.165) is 5.56 Å². The molecule has 1 rings (SSSR count). The van der Waals surface area contributed by atoms with Gasteiger partial charge in [0, 0.05) is 19.1 Å². The van der Waals surface area contributed by atoms with Gasteiger partial charge in [0.15, 0.2) is 0 Å². The third-order valence-electron chi connectivity index (χ3n) is 2.04. The topological polar surface area (TPSA) is 38.0 Å². The molecule has 14 heavy (non-hydrogen) atoms. The molecule has 1 aromatic rings. The Morgan fingerprint density at radius 1 is 1.57 bits per heavy atom. The first-order chi connectivity index (χ1) is 6.65. The normalized spacial score (nSPS) is 12.9. The van der Waals surface area contributed by atoms with Crippen molar-refractivity contribution >= 4 is 11.6 Å². The Bertz CT molecular complexity index is 304. The fraction of sp³-hybridized carbons (Fsp3) is 0.400. The fourth-order valence-electron chi connectivity index (χ4n) is 1.20. The molecule has 2 nitrogen and oxygen atoms in total. The lowest BCUT2D eigenvalue weighted by molar-refractivity contribution is 0.571. The highest BCUT2D eigenvalue weighted by Gasteiger charge is 2.06. The number of nitrogens with one attached hydrogen (secondary N) is 1. The molecule has 0 aliphatic rings. The minimum Gasteiger partial charge on any atom is -0.329 e. The lowest BCUT2D eigenvalue weighted by Crippen LogP contribution is -2.25. The van der Waals surface area contributed by atoms with Crippen LogP contribution in [0, 0.1) is 5.82 Å². The average Bonchev–Trinajstić information content (AvgIpc) is 2.18. The molecule has 1 unspecified atom stereocenters. The number of rotatable bonds is 4. The van der Waals surface area contributed by atoms with Crippen molar-refractivity contribution in [3.05, 3.63) is 34.6 Å². The molecule has 0 heterocycles. The van der Waals surface area contributed by atoms with E-state index in [0.29, 0.717) is 13.1 Å². The average molecular weight is 217 g/mol. The quantitative estimate of drug-likeness (QED) is 0.809. The molecule has 0 radical (unpaired) electrons. The van der Waals surface area contributed by atoms with E-state index < -0.39 is 0 Å². The summed E-state index contributed by atoms with van der Waals surface area (Å²) in [5.41, 5.74) is 6.23. The predicted octanol–water partition coefficient (Wildman–Crippen LogP) is 2.09. The lowest BCUT2D eigenvalue weighted by atomic mass is 10.1. The first kappa shape index (κ1) is 11.4. The van der Waals surface area contributed by atoms with E-state index in [4.69, 9.17) is 17.3 Å². The smallest absolute Gasteiger partial charge is 0.142 e. The van der Waals surface area contributed by atoms with Gasteiger partial charge in [-0.05, 0) is 24.6 Å². The van der Waals surface area contributed by atoms with Gasteiger partial charge in [0.1, 0.15) is 5.82 Å². The summed E-state index contributed by atoms with van der Waals surface area (Å²) in [5, 5.41) is 3.31. The molecular formula is C10H14ClFN2. The Balaban J connectivity index is 2.70. The van der Waals surface area contributed by atoms with Crippen LogP contribution in [-0.4, -0.2) is 13.1 Å². The molecule has 0 fully saturated rings. The van der Waals surface area contributed by atoms with Gasteiger partial charge >= 0.3 is 0 Å². The zero-order valence-corrected chi connectivity index (χ0v) is 8.81. The summed E-state index contributed by atoms with van der Waals surface area (Å²) in [6.07, 6.45) is 0. The first-order valence-corrected chi connectivity index (χ1v) is 4.91. The molecule has 78 valence electrons. The van der Waals surface area contributed by atoms with Gasteiger partial charge in [-0.25, -0.2) is 4.39 Å². The molecule has 0 aliphatic heterocycles. The third-order valence-corrected chi connectivity index (χ3v) is 2.35. The van der Waals surface area contributed by atoms with Gasteiger partial charge in [-0.2, -0.15) is 0 Å². The molecule has 0 amide bonds. The fourth-order valence-corrected chi connectivity index (χ4v) is 1.32. The van der Waals surface area contributed by atoms with Crippen LogP contribution in [0.3, 0.4) is 0 Å². The van der Waals surface area contributed by atoms with Crippen LogP contribution in [0.4, 0.5) is 4.39 Å². The van der Waals surface area contributed by atoms with Crippen molar-refractivity contribution < 1.29 is 4.39 Å². The Morgan fingerprint density at radius 2 is 2.29 bits per heavy atom. The van der Waals surface area contributed by atoms with E-state index in [-0.39, 0.29) is 16.9 Å². The molecule has 0 aliphatic carbocycles. The van der Waals surface area contributed by atoms with Gasteiger partial charge < -0.3 is 11.1 Å². The minimum atomic E-state index is -0.384. The van der Waals surface area contributed by atoms with Gasteiger partial charge in [0.2, 0.25) is 0 Å². The van der Waals surface area contributed by atoms with E-state index >= 15 is 0 Å². The molecule has 0 aromatic heterocycles. The molecule has 0 saturated carbocycles. The maximum Gasteiger partial charge on any atom is 0.142 e. The Hall–Kier alpha value is -0.640. The summed E-state index contributed by atoms with van der Waals surface area (Å²) in [5.74, 6) is -0.384. The summed E-state index contributed by atoms with van der Waals surface area (Å²) in [6, 6.07) is 4.90. The van der Waals surface area contributed by atoms with Crippen LogP contribution < -0.4 is 11.1 Å². The van der Waals surface area contributed by atoms with Crippen LogP contribution in [0.2, 0.25) is 5.02 Å². The lowest BCUT2D eigenvalue weighted by Gasteiger charge is -2.13. The largest absolute Gasteiger partial charge is 0.329 e. The van der Waals surface area contributed by atoms with E-state index in [2.05, 4.69) is 5.32 Å². The van der Waals surface area contributed by atoms with Gasteiger partial charge in [-0.1, -0.05) is 17.7 Å². The monoisotopic (exact) mass is 216 g/mol. The maximum atomic E-state index is 13.1. The molecule has 0 saturated heterocycles. The summed E-state index contributed by atoms with van der Waals surface area (Å²) >= 11 is 5.57. The highest BCUT2D eigenvalue weighted by Crippen LogP contribution is 2.19. The van der Waals surface area contributed by atoms with Crippen LogP contribution in [0.5, 0.6) is 0 Å². The Labute approximate surface area is 88.2 Å². The number of nitrogens with two attached hydrogens (primary N) is 1. The number of hydrogen-bond acceptors (Lipinski definition) is 2. The van der Waals surface area contributed by atoms with Crippen molar-refractivity contribution in [1.82, 2.24) is 5.32 Å². The van der Waals surface area contributed by atoms with Crippen LogP contribution in [0.1, 0.15) is 18.5 Å². The molecule has 1 atom stereocenters. The minimum absolute atomic E-state index is 0.0883. The van der Waals surface area contributed by atoms with Crippen molar-refractivity contribution in [1.29, 1.82) is 0 Å². The molecule has 1 aromatic carbocycles. The zero-order valence-electron chi connectivity index (χ0n) is 8.06. The van der Waals surface area contributed by atoms with Gasteiger partial charge in [0.05, 0.1) is 5.02 Å². The summed E-state index contributed by atoms with van der Waals surface area (Å²) < 4.78 is 13.1. The highest BCUT2D eigenvalue weighted by atomic mass is 35.5. The van der Waals surface area contributed by atoms with Crippen LogP contribution >= 0.6 is 11.6 Å². The number of benzene rings is 1. The number of hydrogen-bond donors (Lipinski definition) is 2. The standard InChI is InChI=1S/C10H14ClFN2/c1-7(14-5-4-13)8-2-3-9(11)10(12)6-8/h2-3,6-7,14H,4-5,13H2,1H3. The van der Waals surface area contributed by atoms with Gasteiger partial charge in [0.25, 0.3) is 0 Å². The molecular weight excluding hydrogens is 203 g/mol. The van der Waals surface area contributed by atoms with Crippen molar-refractivity contribution in [3.63, 3.8) is 0 Å². The first-order valence-electron chi connectivity index (χ1n) is 4.53. The second kappa shape index (κ2) is 5.29. The Kier molecular flexibility index (Phi) is 4.32. The van der Waals surface area contributed by atoms with Crippen molar-refractivity contribution in [3.8, 4) is 0 Å². The van der Waals surface area contributed by atoms with Crippen molar-refractivity contribution in [2.24, 2.45) is 5.73 Å². The summed E-state index contributed by atoms with van der Waals surface area (Å²) in [7, 11) is 0. The number of halogens is 2. The zero-order chi connectivity index (χ0) is 10.6. The van der Waals surface area contributed by atoms with Crippen molar-refractivity contribution in [2.75, 3.05) is 13.1 Å². The van der Waals surface area contributed by atoms with E-state index in [1.165, 1.54) is 6.07 Å². The Morgan fingerprint density at radius 3 is 2.86 bits per heavy atom. The second-order valence-corrected chi connectivity index (χ2v) is 3.55. The predicted molar refractivity (Wildman–Crippen MR) is 56.9 cm³/mol. The summed E-state index contributed by atoms with van der Waals surface area (Å²) in [6.45, 7) is 3.24. The molecule has 0 spiro atoms. The van der Waals surface area contributed by atoms with Crippen LogP contribution in [0.25, 0.3) is 0 Å². The third kappa shape index (κ3) is 2.94. The van der Waals surface area contributed by atoms with Crippen LogP contribution in [-0.2, 0) is 0 Å². The molecule has 3 N–H and O–H groups in total.